The molecule has 2 aromatic carbocycles. The van der Waals surface area contributed by atoms with Crippen molar-refractivity contribution < 1.29 is 9.53 Å². The van der Waals surface area contributed by atoms with Gasteiger partial charge in [0.2, 0.25) is 5.88 Å². The zero-order valence-electron chi connectivity index (χ0n) is 13.3. The van der Waals surface area contributed by atoms with Crippen LogP contribution in [0, 0.1) is 13.8 Å². The van der Waals surface area contributed by atoms with E-state index in [1.54, 1.807) is 0 Å². The van der Waals surface area contributed by atoms with Gasteiger partial charge in [-0.05, 0) is 43.2 Å². The lowest BCUT2D eigenvalue weighted by molar-refractivity contribution is 0.101. The molecule has 116 valence electrons. The first kappa shape index (κ1) is 15.0. The summed E-state index contributed by atoms with van der Waals surface area (Å²) >= 11 is 0. The highest BCUT2D eigenvalue weighted by Crippen LogP contribution is 2.22. The number of rotatable bonds is 3. The number of hydrogen-bond acceptors (Lipinski definition) is 4. The van der Waals surface area contributed by atoms with Gasteiger partial charge < -0.3 is 10.1 Å². The number of para-hydroxylation sites is 2. The molecule has 23 heavy (non-hydrogen) atoms. The monoisotopic (exact) mass is 307 g/mol. The average molecular weight is 307 g/mol. The number of carbonyl (C=O) groups is 1. The fraction of sp³-hybridized carbons (Fsp3) is 0.167. The van der Waals surface area contributed by atoms with Crippen molar-refractivity contribution >= 4 is 22.6 Å². The van der Waals surface area contributed by atoms with Gasteiger partial charge in [0.15, 0.2) is 5.69 Å². The maximum Gasteiger partial charge on any atom is 0.279 e. The molecule has 0 aliphatic carbocycles. The van der Waals surface area contributed by atoms with Crippen LogP contribution in [0.2, 0.25) is 0 Å². The Balaban J connectivity index is 2.01. The van der Waals surface area contributed by atoms with Crippen LogP contribution in [-0.2, 0) is 0 Å². The Kier molecular flexibility index (Phi) is 3.93. The molecule has 1 heterocycles. The zero-order valence-corrected chi connectivity index (χ0v) is 13.3. The third-order valence-electron chi connectivity index (χ3n) is 3.59. The minimum atomic E-state index is -0.339. The van der Waals surface area contributed by atoms with E-state index >= 15 is 0 Å². The molecular weight excluding hydrogens is 290 g/mol. The van der Waals surface area contributed by atoms with Crippen molar-refractivity contribution in [1.29, 1.82) is 0 Å². The average Bonchev–Trinajstić information content (AvgIpc) is 2.56. The number of aromatic nitrogens is 2. The van der Waals surface area contributed by atoms with Gasteiger partial charge in [-0.15, -0.1) is 0 Å². The summed E-state index contributed by atoms with van der Waals surface area (Å²) in [5, 5.41) is 2.89. The fourth-order valence-corrected chi connectivity index (χ4v) is 2.33. The van der Waals surface area contributed by atoms with E-state index in [9.17, 15) is 4.79 Å². The lowest BCUT2D eigenvalue weighted by Crippen LogP contribution is -2.16. The largest absolute Gasteiger partial charge is 0.479 e. The van der Waals surface area contributed by atoms with Crippen molar-refractivity contribution in [2.75, 3.05) is 12.4 Å². The van der Waals surface area contributed by atoms with Gasteiger partial charge >= 0.3 is 0 Å². The normalized spacial score (nSPS) is 10.6. The van der Waals surface area contributed by atoms with Crippen LogP contribution in [0.3, 0.4) is 0 Å². The molecule has 0 aliphatic heterocycles. The summed E-state index contributed by atoms with van der Waals surface area (Å²) in [7, 11) is 1.48. The first-order chi connectivity index (χ1) is 11.1. The highest BCUT2D eigenvalue weighted by atomic mass is 16.5. The van der Waals surface area contributed by atoms with Gasteiger partial charge in [0.25, 0.3) is 5.91 Å². The molecule has 0 bridgehead atoms. The van der Waals surface area contributed by atoms with Crippen molar-refractivity contribution in [3.8, 4) is 5.88 Å². The van der Waals surface area contributed by atoms with Crippen molar-refractivity contribution in [1.82, 2.24) is 9.97 Å². The molecule has 3 aromatic rings. The van der Waals surface area contributed by atoms with E-state index in [0.717, 1.165) is 16.8 Å². The summed E-state index contributed by atoms with van der Waals surface area (Å²) in [4.78, 5) is 21.4. The van der Waals surface area contributed by atoms with Crippen LogP contribution >= 0.6 is 0 Å². The summed E-state index contributed by atoms with van der Waals surface area (Å²) in [6.45, 7) is 3.92. The molecule has 0 fully saturated rings. The van der Waals surface area contributed by atoms with E-state index < -0.39 is 0 Å². The van der Waals surface area contributed by atoms with Crippen LogP contribution in [0.5, 0.6) is 5.88 Å². The lowest BCUT2D eigenvalue weighted by Gasteiger charge is -2.11. The summed E-state index contributed by atoms with van der Waals surface area (Å²) in [6, 6.07) is 13.3. The van der Waals surface area contributed by atoms with Gasteiger partial charge in [-0.2, -0.15) is 0 Å². The molecule has 3 rings (SSSR count). The molecule has 1 aromatic heterocycles. The van der Waals surface area contributed by atoms with Crippen molar-refractivity contribution in [3.05, 3.63) is 59.3 Å². The standard InChI is InChI=1S/C18H17N3O2/c1-11-8-9-12(2)15(10-11)20-17(22)16-18(23-3)21-14-7-5-4-6-13(14)19-16/h4-10H,1-3H3,(H,20,22). The van der Waals surface area contributed by atoms with E-state index in [4.69, 9.17) is 4.74 Å². The fourth-order valence-electron chi connectivity index (χ4n) is 2.33. The number of nitrogens with one attached hydrogen (secondary N) is 1. The molecule has 0 radical (unpaired) electrons. The molecule has 0 saturated carbocycles. The number of hydrogen-bond donors (Lipinski definition) is 1. The Morgan fingerprint density at radius 2 is 1.74 bits per heavy atom. The van der Waals surface area contributed by atoms with Crippen molar-refractivity contribution in [3.63, 3.8) is 0 Å². The second-order valence-corrected chi connectivity index (χ2v) is 5.34. The van der Waals surface area contributed by atoms with E-state index in [2.05, 4.69) is 15.3 Å². The third kappa shape index (κ3) is 2.99. The molecule has 5 nitrogen and oxygen atoms in total. The molecule has 0 aliphatic rings. The Labute approximate surface area is 134 Å². The minimum Gasteiger partial charge on any atom is -0.479 e. The molecule has 0 atom stereocenters. The highest BCUT2D eigenvalue weighted by molar-refractivity contribution is 6.05. The second-order valence-electron chi connectivity index (χ2n) is 5.34. The molecule has 5 heteroatoms. The molecule has 0 unspecified atom stereocenters. The number of nitrogens with zero attached hydrogens (tertiary/aromatic N) is 2. The number of ether oxygens (including phenoxy) is 1. The molecular formula is C18H17N3O2. The van der Waals surface area contributed by atoms with Gasteiger partial charge in [-0.3, -0.25) is 4.79 Å². The Morgan fingerprint density at radius 1 is 1.04 bits per heavy atom. The molecule has 0 saturated heterocycles. The first-order valence-electron chi connectivity index (χ1n) is 7.28. The Bertz CT molecular complexity index is 891. The first-order valence-corrected chi connectivity index (χ1v) is 7.28. The smallest absolute Gasteiger partial charge is 0.279 e. The number of aryl methyl sites for hydroxylation is 2. The number of benzene rings is 2. The van der Waals surface area contributed by atoms with Gasteiger partial charge in [0, 0.05) is 5.69 Å². The SMILES string of the molecule is COc1nc2ccccc2nc1C(=O)Nc1cc(C)ccc1C. The van der Waals surface area contributed by atoms with Crippen LogP contribution in [0.1, 0.15) is 21.6 Å². The number of fused-ring (bicyclic) bond motifs is 1. The van der Waals surface area contributed by atoms with E-state index in [1.807, 2.05) is 56.3 Å². The Hall–Kier alpha value is -2.95. The van der Waals surface area contributed by atoms with Crippen LogP contribution in [-0.4, -0.2) is 23.0 Å². The number of methoxy groups -OCH3 is 1. The zero-order chi connectivity index (χ0) is 16.4. The van der Waals surface area contributed by atoms with Gasteiger partial charge in [-0.25, -0.2) is 9.97 Å². The van der Waals surface area contributed by atoms with Crippen LogP contribution < -0.4 is 10.1 Å². The number of carbonyl (C=O) groups excluding carboxylic acids is 1. The quantitative estimate of drug-likeness (QED) is 0.804. The van der Waals surface area contributed by atoms with E-state index in [1.165, 1.54) is 7.11 Å². The molecule has 1 amide bonds. The highest BCUT2D eigenvalue weighted by Gasteiger charge is 2.18. The third-order valence-corrected chi connectivity index (χ3v) is 3.59. The van der Waals surface area contributed by atoms with Crippen LogP contribution in [0.4, 0.5) is 5.69 Å². The number of anilines is 1. The van der Waals surface area contributed by atoms with E-state index in [0.29, 0.717) is 11.0 Å². The van der Waals surface area contributed by atoms with Crippen LogP contribution in [0.25, 0.3) is 11.0 Å². The molecule has 0 spiro atoms. The maximum atomic E-state index is 12.6. The predicted octanol–water partition coefficient (Wildman–Crippen LogP) is 3.51. The van der Waals surface area contributed by atoms with Gasteiger partial charge in [0.05, 0.1) is 18.1 Å². The molecule has 1 N–H and O–H groups in total. The summed E-state index contributed by atoms with van der Waals surface area (Å²) < 4.78 is 5.23. The summed E-state index contributed by atoms with van der Waals surface area (Å²) in [5.74, 6) is -0.125. The Morgan fingerprint density at radius 3 is 2.43 bits per heavy atom. The van der Waals surface area contributed by atoms with E-state index in [-0.39, 0.29) is 17.5 Å². The lowest BCUT2D eigenvalue weighted by atomic mass is 10.1. The minimum absolute atomic E-state index is 0.173. The predicted molar refractivity (Wildman–Crippen MR) is 90.0 cm³/mol. The number of amides is 1. The van der Waals surface area contributed by atoms with Crippen LogP contribution in [0.15, 0.2) is 42.5 Å². The summed E-state index contributed by atoms with van der Waals surface area (Å²) in [5.41, 5.74) is 4.32. The second kappa shape index (κ2) is 6.04. The van der Waals surface area contributed by atoms with Crippen molar-refractivity contribution in [2.24, 2.45) is 0 Å². The maximum absolute atomic E-state index is 12.6. The topological polar surface area (TPSA) is 64.1 Å². The van der Waals surface area contributed by atoms with Gasteiger partial charge in [0.1, 0.15) is 0 Å². The van der Waals surface area contributed by atoms with Crippen molar-refractivity contribution in [2.45, 2.75) is 13.8 Å². The van der Waals surface area contributed by atoms with Gasteiger partial charge in [-0.1, -0.05) is 24.3 Å². The summed E-state index contributed by atoms with van der Waals surface area (Å²) in [6.07, 6.45) is 0.